The fourth-order valence-corrected chi connectivity index (χ4v) is 7.69. The Morgan fingerprint density at radius 3 is 1.68 bits per heavy atom. The van der Waals surface area contributed by atoms with Gasteiger partial charge in [-0.1, -0.05) is 69.7 Å². The monoisotopic (exact) mass is 1120 g/mol. The topological polar surface area (TPSA) is 236 Å². The van der Waals surface area contributed by atoms with Gasteiger partial charge in [0.2, 0.25) is 11.8 Å². The Morgan fingerprint density at radius 1 is 0.607 bits per heavy atom. The number of primary amides is 1. The minimum Gasteiger partial charge on any atom is -0.510 e. The lowest BCUT2D eigenvalue weighted by Crippen LogP contribution is -2.25. The number of carboxylic acid groups (broad SMARTS) is 1. The second-order valence-corrected chi connectivity index (χ2v) is 18.3. The molecule has 5 unspecified atom stereocenters. The molecule has 0 aliphatic rings. The lowest BCUT2D eigenvalue weighted by Gasteiger charge is -2.24. The van der Waals surface area contributed by atoms with Gasteiger partial charge in [-0.3, -0.25) is 28.8 Å². The third-order valence-electron chi connectivity index (χ3n) is 12.2. The van der Waals surface area contributed by atoms with Gasteiger partial charge in [-0.05, 0) is 166 Å². The van der Waals surface area contributed by atoms with Crippen molar-refractivity contribution >= 4 is 52.7 Å². The summed E-state index contributed by atoms with van der Waals surface area (Å²) in [6.45, 7) is 6.98. The zero-order chi connectivity index (χ0) is 61.2. The molecule has 422 valence electrons. The maximum atomic E-state index is 14.3. The smallest absolute Gasteiger partial charge is 0.322 e. The minimum absolute atomic E-state index is 0.130. The van der Waals surface area contributed by atoms with Gasteiger partial charge in [0.1, 0.15) is 11.9 Å². The van der Waals surface area contributed by atoms with E-state index in [4.69, 9.17) is 21.6 Å². The molecule has 0 fully saturated rings. The number of carbonyl (C=O) groups is 6. The van der Waals surface area contributed by atoms with Gasteiger partial charge in [-0.15, -0.1) is 11.5 Å². The van der Waals surface area contributed by atoms with Crippen molar-refractivity contribution in [3.8, 4) is 131 Å². The molecule has 15 nitrogen and oxygen atoms in total. The number of carbonyl (C=O) groups excluding carboxylic acids is 5. The maximum Gasteiger partial charge on any atom is 0.322 e. The molecule has 0 radical (unpaired) electrons. The van der Waals surface area contributed by atoms with Gasteiger partial charge in [0.05, 0.1) is 30.0 Å². The van der Waals surface area contributed by atoms with Gasteiger partial charge in [0, 0.05) is 93.9 Å². The number of aliphatic hydroxyl groups is 1. The average molecular weight is 1120 g/mol. The fraction of sp³-hybridized carbons (Fsp3) is 0.304. The molecule has 0 saturated heterocycles. The Balaban J connectivity index is 1.72. The molecule has 0 aromatic heterocycles. The van der Waals surface area contributed by atoms with Crippen LogP contribution in [0.3, 0.4) is 0 Å². The summed E-state index contributed by atoms with van der Waals surface area (Å²) in [7, 11) is 0. The van der Waals surface area contributed by atoms with E-state index in [2.05, 4.69) is 145 Å². The summed E-state index contributed by atoms with van der Waals surface area (Å²) in [6.07, 6.45) is 12.1. The van der Waals surface area contributed by atoms with Crippen LogP contribution >= 0.6 is 0 Å². The number of allylic oxidation sites excluding steroid dienone is 1. The van der Waals surface area contributed by atoms with E-state index >= 15 is 0 Å². The van der Waals surface area contributed by atoms with Crippen LogP contribution in [0.4, 0.5) is 17.1 Å². The number of carboxylic acids is 1. The first-order chi connectivity index (χ1) is 40.7. The van der Waals surface area contributed by atoms with Crippen LogP contribution in [0.1, 0.15) is 120 Å². The molecule has 6 N–H and O–H groups in total. The van der Waals surface area contributed by atoms with Crippen molar-refractivity contribution in [2.45, 2.75) is 104 Å². The molecule has 0 aliphatic carbocycles. The van der Waals surface area contributed by atoms with Crippen LogP contribution in [0.25, 0.3) is 0 Å². The number of hydrogen-bond acceptors (Lipinski definition) is 11. The number of aliphatic hydroxyl groups excluding tert-OH is 1. The van der Waals surface area contributed by atoms with E-state index in [9.17, 15) is 39.0 Å². The number of azo groups is 1. The highest BCUT2D eigenvalue weighted by Gasteiger charge is 2.28. The van der Waals surface area contributed by atoms with Gasteiger partial charge < -0.3 is 36.1 Å². The Labute approximate surface area is 492 Å². The first-order valence-corrected chi connectivity index (χ1v) is 26.7. The molecule has 3 amide bonds. The Hall–Kier alpha value is -11.2. The molecular formula is C69H61N5O10. The zero-order valence-electron chi connectivity index (χ0n) is 47.1. The van der Waals surface area contributed by atoms with E-state index in [1.54, 1.807) is 38.1 Å². The number of rotatable bonds is 27. The molecule has 3 aromatic carbocycles. The predicted octanol–water partition coefficient (Wildman–Crippen LogP) is 9.63. The number of hydrogen-bond donors (Lipinski definition) is 5. The molecular weight excluding hydrogens is 1060 g/mol. The highest BCUT2D eigenvalue weighted by atomic mass is 16.5. The summed E-state index contributed by atoms with van der Waals surface area (Å²) in [5.74, 6) is 42.2. The van der Waals surface area contributed by atoms with Crippen LogP contribution in [0.5, 0.6) is 0 Å². The zero-order valence-corrected chi connectivity index (χ0v) is 47.1. The number of nitrogens with zero attached hydrogens (tertiary/aromatic N) is 2. The van der Waals surface area contributed by atoms with Crippen LogP contribution < -0.4 is 16.4 Å². The number of nitrogens with one attached hydrogen (secondary N) is 2. The molecule has 0 spiro atoms. The summed E-state index contributed by atoms with van der Waals surface area (Å²) in [5.41, 5.74) is 6.93. The molecule has 15 heteroatoms. The van der Waals surface area contributed by atoms with Crippen molar-refractivity contribution in [3.05, 3.63) is 101 Å². The van der Waals surface area contributed by atoms with Gasteiger partial charge in [-0.2, -0.15) is 5.11 Å². The largest absolute Gasteiger partial charge is 0.510 e. The molecule has 0 aliphatic heterocycles. The number of terminal acetylenes is 1. The molecule has 3 rings (SSSR count). The Morgan fingerprint density at radius 2 is 1.13 bits per heavy atom. The Bertz CT molecular complexity index is 3640. The summed E-state index contributed by atoms with van der Waals surface area (Å²) in [4.78, 5) is 78.0. The lowest BCUT2D eigenvalue weighted by molar-refractivity contribution is -0.150. The highest BCUT2D eigenvalue weighted by Crippen LogP contribution is 2.34. The van der Waals surface area contributed by atoms with Crippen LogP contribution in [0, 0.1) is 155 Å². The van der Waals surface area contributed by atoms with Crippen LogP contribution in [-0.4, -0.2) is 52.4 Å². The molecule has 0 saturated carbocycles. The third kappa shape index (κ3) is 27.6. The number of nitrogens with two attached hydrogens (primary N) is 1. The molecule has 0 heterocycles. The summed E-state index contributed by atoms with van der Waals surface area (Å²) in [6, 6.07) is 22.0. The summed E-state index contributed by atoms with van der Waals surface area (Å²) in [5, 5.41) is 33.8. The molecule has 3 aromatic rings. The third-order valence-corrected chi connectivity index (χ3v) is 12.2. The summed E-state index contributed by atoms with van der Waals surface area (Å²) < 4.78 is 10.8. The van der Waals surface area contributed by atoms with Crippen LogP contribution in [-0.2, 0) is 33.4 Å². The predicted molar refractivity (Wildman–Crippen MR) is 321 cm³/mol. The number of aliphatic carboxylic acids is 1. The van der Waals surface area contributed by atoms with E-state index in [1.807, 2.05) is 37.3 Å². The summed E-state index contributed by atoms with van der Waals surface area (Å²) >= 11 is 0. The van der Waals surface area contributed by atoms with Gasteiger partial charge >= 0.3 is 17.9 Å². The number of anilines is 2. The van der Waals surface area contributed by atoms with Crippen molar-refractivity contribution in [1.29, 1.82) is 0 Å². The van der Waals surface area contributed by atoms with Gasteiger partial charge in [0.25, 0.3) is 5.91 Å². The normalized spacial score (nSPS) is 11.5. The molecule has 5 atom stereocenters. The second kappa shape index (κ2) is 40.0. The van der Waals surface area contributed by atoms with Crippen LogP contribution in [0.15, 0.2) is 101 Å². The Kier molecular flexibility index (Phi) is 32.0. The first-order valence-electron chi connectivity index (χ1n) is 26.7. The van der Waals surface area contributed by atoms with Crippen molar-refractivity contribution in [1.82, 2.24) is 0 Å². The van der Waals surface area contributed by atoms with E-state index in [0.717, 1.165) is 12.0 Å². The van der Waals surface area contributed by atoms with E-state index in [0.29, 0.717) is 57.1 Å². The quantitative estimate of drug-likeness (QED) is 0.0121. The number of unbranched alkanes of at least 4 members (excludes halogenated alkanes) is 1. The molecule has 84 heavy (non-hydrogen) atoms. The lowest BCUT2D eigenvalue weighted by atomic mass is 9.82. The van der Waals surface area contributed by atoms with Crippen molar-refractivity contribution in [3.63, 3.8) is 0 Å². The van der Waals surface area contributed by atoms with Crippen molar-refractivity contribution < 1.29 is 48.5 Å². The highest BCUT2D eigenvalue weighted by molar-refractivity contribution is 6.04. The number of ether oxygens (including phenoxy) is 2. The SMILES string of the molecule is C#CC#CC#CC#CC#CC#CC#CC#CC#CC#CC#COC(=O)C(C)CCC(CCC(CCC(CCC(CC)C(=O)O)C(=O)Nc1cccc(NC(=O)C(N=Nc2cccc(C(N)=O)c2)=C(C)O)c1)c1ccccc1)C(=O)OCCCC. The number of benzene rings is 3. The van der Waals surface area contributed by atoms with Crippen molar-refractivity contribution in [2.24, 2.45) is 39.6 Å². The minimum atomic E-state index is -0.954. The van der Waals surface area contributed by atoms with Crippen LogP contribution in [0.2, 0.25) is 0 Å². The number of esters is 2. The maximum absolute atomic E-state index is 14.3. The first kappa shape index (κ1) is 67.1. The number of amides is 3. The van der Waals surface area contributed by atoms with E-state index in [-0.39, 0.29) is 54.2 Å². The standard InChI is InChI=1S/C69H61N5O10/c1-6-9-11-12-13-14-15-16-17-18-19-20-21-22-23-24-25-26-27-31-49-83-68(81)52(4)40-41-58(69(82)84-48-10-7-2)47-44-56(55-34-29-28-30-35-55)43-46-57(45-42-54(8-3)67(79)80)65(77)71-60-37-33-38-61(51-60)72-66(78)63(53(5)75)74-73-62-39-32-36-59(50-62)64(70)76/h1,28-30,32-39,50-52,54,56-58,75H,7-8,10,40-48H2,2-5H3,(H2,70,76)(H,71,77)(H,72,78)(H,79,80). The van der Waals surface area contributed by atoms with Crippen molar-refractivity contribution in [2.75, 3.05) is 17.2 Å². The average Bonchev–Trinajstić information content (AvgIpc) is 3.69. The van der Waals surface area contributed by atoms with Gasteiger partial charge in [0.15, 0.2) is 5.70 Å². The second-order valence-electron chi connectivity index (χ2n) is 18.3. The molecule has 0 bridgehead atoms. The van der Waals surface area contributed by atoms with Gasteiger partial charge in [-0.25, -0.2) is 0 Å². The fourth-order valence-electron chi connectivity index (χ4n) is 7.69. The van der Waals surface area contributed by atoms with E-state index in [1.165, 1.54) is 31.2 Å². The van der Waals surface area contributed by atoms with E-state index < -0.39 is 58.9 Å².